The van der Waals surface area contributed by atoms with Crippen LogP contribution < -0.4 is 9.47 Å². The van der Waals surface area contributed by atoms with Crippen LogP contribution in [0, 0.1) is 18.2 Å². The number of ether oxygens (including phenoxy) is 2. The van der Waals surface area contributed by atoms with E-state index in [1.165, 1.54) is 18.2 Å². The summed E-state index contributed by atoms with van der Waals surface area (Å²) >= 11 is 5.88. The average Bonchev–Trinajstić information content (AvgIpc) is 2.40. The molecule has 0 saturated carbocycles. The average molecular weight is 277 g/mol. The van der Waals surface area contributed by atoms with Gasteiger partial charge in [-0.2, -0.15) is 0 Å². The molecule has 0 aliphatic heterocycles. The van der Waals surface area contributed by atoms with Crippen LogP contribution >= 0.6 is 11.6 Å². The van der Waals surface area contributed by atoms with Gasteiger partial charge in [0.05, 0.1) is 5.02 Å². The Hall–Kier alpha value is -2.18. The van der Waals surface area contributed by atoms with Crippen molar-refractivity contribution in [2.24, 2.45) is 0 Å². The first-order chi connectivity index (χ1) is 9.19. The molecule has 0 amide bonds. The lowest BCUT2D eigenvalue weighted by molar-refractivity contribution is 0.367. The summed E-state index contributed by atoms with van der Waals surface area (Å²) in [4.78, 5) is 0. The Kier molecular flexibility index (Phi) is 4.27. The Morgan fingerprint density at radius 2 is 1.95 bits per heavy atom. The minimum atomic E-state index is -0.413. The second-order valence-electron chi connectivity index (χ2n) is 3.64. The van der Waals surface area contributed by atoms with Gasteiger partial charge in [-0.25, -0.2) is 4.39 Å². The largest absolute Gasteiger partial charge is 0.481 e. The van der Waals surface area contributed by atoms with Crippen molar-refractivity contribution >= 4 is 11.6 Å². The van der Waals surface area contributed by atoms with Crippen LogP contribution in [0.2, 0.25) is 5.02 Å². The number of halogens is 2. The molecule has 19 heavy (non-hydrogen) atoms. The van der Waals surface area contributed by atoms with E-state index in [1.807, 2.05) is 0 Å². The Bertz CT molecular complexity index is 620. The van der Waals surface area contributed by atoms with E-state index >= 15 is 0 Å². The molecular formula is C15H10ClFO2. The molecule has 0 aromatic heterocycles. The van der Waals surface area contributed by atoms with E-state index < -0.39 is 5.82 Å². The van der Waals surface area contributed by atoms with Crippen LogP contribution in [0.5, 0.6) is 17.2 Å². The molecule has 0 N–H and O–H groups in total. The molecule has 0 radical (unpaired) electrons. The van der Waals surface area contributed by atoms with Gasteiger partial charge in [-0.3, -0.25) is 0 Å². The molecule has 0 spiro atoms. The second kappa shape index (κ2) is 6.12. The summed E-state index contributed by atoms with van der Waals surface area (Å²) in [6.07, 6.45) is 5.11. The van der Waals surface area contributed by atoms with Crippen molar-refractivity contribution < 1.29 is 13.9 Å². The highest BCUT2D eigenvalue weighted by Crippen LogP contribution is 2.31. The van der Waals surface area contributed by atoms with Gasteiger partial charge in [0, 0.05) is 6.07 Å². The number of benzene rings is 2. The van der Waals surface area contributed by atoms with E-state index in [2.05, 4.69) is 5.92 Å². The Morgan fingerprint density at radius 3 is 2.68 bits per heavy atom. The molecule has 96 valence electrons. The molecule has 0 saturated heterocycles. The number of hydrogen-bond acceptors (Lipinski definition) is 2. The van der Waals surface area contributed by atoms with E-state index in [9.17, 15) is 4.39 Å². The third kappa shape index (κ3) is 3.64. The van der Waals surface area contributed by atoms with Crippen molar-refractivity contribution in [3.05, 3.63) is 53.3 Å². The molecule has 2 rings (SSSR count). The van der Waals surface area contributed by atoms with Crippen LogP contribution in [-0.4, -0.2) is 6.61 Å². The quantitative estimate of drug-likeness (QED) is 0.776. The fourth-order valence-corrected chi connectivity index (χ4v) is 1.64. The zero-order valence-corrected chi connectivity index (χ0v) is 10.7. The van der Waals surface area contributed by atoms with Crippen molar-refractivity contribution in [3.8, 4) is 29.6 Å². The maximum Gasteiger partial charge on any atom is 0.148 e. The minimum Gasteiger partial charge on any atom is -0.481 e. The van der Waals surface area contributed by atoms with Crippen molar-refractivity contribution in [2.75, 3.05) is 6.61 Å². The molecular weight excluding hydrogens is 267 g/mol. The lowest BCUT2D eigenvalue weighted by atomic mass is 10.3. The van der Waals surface area contributed by atoms with Gasteiger partial charge in [0.2, 0.25) is 0 Å². The van der Waals surface area contributed by atoms with Gasteiger partial charge in [0.15, 0.2) is 0 Å². The fourth-order valence-electron chi connectivity index (χ4n) is 1.44. The zero-order valence-electron chi connectivity index (χ0n) is 9.90. The predicted octanol–water partition coefficient (Wildman–Crippen LogP) is 4.28. The first-order valence-electron chi connectivity index (χ1n) is 5.48. The monoisotopic (exact) mass is 276 g/mol. The first-order valence-corrected chi connectivity index (χ1v) is 5.86. The molecule has 0 heterocycles. The van der Waals surface area contributed by atoms with E-state index in [0.717, 1.165) is 0 Å². The lowest BCUT2D eigenvalue weighted by Gasteiger charge is -2.09. The summed E-state index contributed by atoms with van der Waals surface area (Å²) < 4.78 is 23.7. The standard InChI is InChI=1S/C15H10ClFO2/c1-2-8-18-12-4-3-5-13(10-12)19-15-7-6-11(17)9-14(15)16/h1,3-7,9-10H,8H2. The highest BCUT2D eigenvalue weighted by atomic mass is 35.5. The molecule has 0 aliphatic rings. The van der Waals surface area contributed by atoms with Crippen molar-refractivity contribution in [1.82, 2.24) is 0 Å². The maximum atomic E-state index is 12.9. The summed E-state index contributed by atoms with van der Waals surface area (Å²) in [5.41, 5.74) is 0. The lowest BCUT2D eigenvalue weighted by Crippen LogP contribution is -1.93. The van der Waals surface area contributed by atoms with Crippen LogP contribution in [0.4, 0.5) is 4.39 Å². The van der Waals surface area contributed by atoms with Gasteiger partial charge >= 0.3 is 0 Å². The molecule has 2 aromatic carbocycles. The van der Waals surface area contributed by atoms with Gasteiger partial charge < -0.3 is 9.47 Å². The molecule has 0 atom stereocenters. The highest BCUT2D eigenvalue weighted by molar-refractivity contribution is 6.32. The van der Waals surface area contributed by atoms with Crippen molar-refractivity contribution in [2.45, 2.75) is 0 Å². The maximum absolute atomic E-state index is 12.9. The number of rotatable bonds is 4. The summed E-state index contributed by atoms with van der Waals surface area (Å²) in [6.45, 7) is 0.181. The van der Waals surface area contributed by atoms with Gasteiger partial charge in [-0.15, -0.1) is 6.42 Å². The summed E-state index contributed by atoms with van der Waals surface area (Å²) in [7, 11) is 0. The van der Waals surface area contributed by atoms with E-state index in [0.29, 0.717) is 17.2 Å². The van der Waals surface area contributed by atoms with Crippen LogP contribution in [0.3, 0.4) is 0 Å². The summed E-state index contributed by atoms with van der Waals surface area (Å²) in [5, 5.41) is 0.204. The van der Waals surface area contributed by atoms with E-state index in [-0.39, 0.29) is 11.6 Å². The van der Waals surface area contributed by atoms with Crippen molar-refractivity contribution in [3.63, 3.8) is 0 Å². The molecule has 0 aliphatic carbocycles. The van der Waals surface area contributed by atoms with Crippen LogP contribution in [0.25, 0.3) is 0 Å². The highest BCUT2D eigenvalue weighted by Gasteiger charge is 2.05. The minimum absolute atomic E-state index is 0.181. The molecule has 2 nitrogen and oxygen atoms in total. The van der Waals surface area contributed by atoms with Crippen LogP contribution in [0.1, 0.15) is 0 Å². The van der Waals surface area contributed by atoms with E-state index in [4.69, 9.17) is 27.5 Å². The molecule has 0 unspecified atom stereocenters. The molecule has 0 bridgehead atoms. The SMILES string of the molecule is C#CCOc1cccc(Oc2ccc(F)cc2Cl)c1. The van der Waals surface area contributed by atoms with Crippen LogP contribution in [0.15, 0.2) is 42.5 Å². The fraction of sp³-hybridized carbons (Fsp3) is 0.0667. The summed E-state index contributed by atoms with van der Waals surface area (Å²) in [6, 6.07) is 10.9. The van der Waals surface area contributed by atoms with Gasteiger partial charge in [0.1, 0.15) is 29.7 Å². The molecule has 4 heteroatoms. The summed E-state index contributed by atoms with van der Waals surface area (Å²) in [5.74, 6) is 3.46. The predicted molar refractivity (Wildman–Crippen MR) is 72.3 cm³/mol. The third-order valence-electron chi connectivity index (χ3n) is 2.25. The number of terminal acetylenes is 1. The zero-order chi connectivity index (χ0) is 13.7. The Labute approximate surface area is 115 Å². The van der Waals surface area contributed by atoms with Gasteiger partial charge in [0.25, 0.3) is 0 Å². The Morgan fingerprint density at radius 1 is 1.16 bits per heavy atom. The molecule has 2 aromatic rings. The van der Waals surface area contributed by atoms with Gasteiger partial charge in [-0.05, 0) is 30.3 Å². The van der Waals surface area contributed by atoms with E-state index in [1.54, 1.807) is 24.3 Å². The topological polar surface area (TPSA) is 18.5 Å². The van der Waals surface area contributed by atoms with Crippen molar-refractivity contribution in [1.29, 1.82) is 0 Å². The third-order valence-corrected chi connectivity index (χ3v) is 2.54. The molecule has 0 fully saturated rings. The first kappa shape index (κ1) is 13.3. The van der Waals surface area contributed by atoms with Gasteiger partial charge in [-0.1, -0.05) is 23.6 Å². The normalized spacial score (nSPS) is 9.74. The smallest absolute Gasteiger partial charge is 0.148 e. The number of hydrogen-bond donors (Lipinski definition) is 0. The second-order valence-corrected chi connectivity index (χ2v) is 4.05. The Balaban J connectivity index is 2.16. The van der Waals surface area contributed by atoms with Crippen LogP contribution in [-0.2, 0) is 0 Å².